The molecule has 24 heavy (non-hydrogen) atoms. The van der Waals surface area contributed by atoms with Crippen molar-refractivity contribution in [3.8, 4) is 0 Å². The maximum Gasteiger partial charge on any atom is 0.118 e. The molecule has 0 amide bonds. The van der Waals surface area contributed by atoms with E-state index in [9.17, 15) is 0 Å². The number of likely N-dealkylation sites (tertiary alicyclic amines) is 1. The van der Waals surface area contributed by atoms with Crippen LogP contribution in [0.2, 0.25) is 0 Å². The smallest absolute Gasteiger partial charge is 0.118 e. The molecule has 2 aromatic rings. The van der Waals surface area contributed by atoms with Crippen LogP contribution < -0.4 is 0 Å². The molecule has 4 rings (SSSR count). The van der Waals surface area contributed by atoms with Crippen LogP contribution in [0.15, 0.2) is 34.7 Å². The standard InChI is InChI=1S/C21H27NO2/c1-15-4-7-19-18(12-15)20(23-3)13-21(19)8-10-22(11-9-21)14-17-6-5-16(2)24-17/h4-7,12,20H,8-11,13-14H2,1-3H3/t20-/m0/s1. The zero-order valence-corrected chi connectivity index (χ0v) is 15.0. The number of methoxy groups -OCH3 is 1. The normalized spacial score (nSPS) is 22.9. The number of ether oxygens (including phenoxy) is 1. The monoisotopic (exact) mass is 325 g/mol. The Bertz CT molecular complexity index is 725. The third kappa shape index (κ3) is 2.70. The SMILES string of the molecule is CO[C@H]1CC2(CCN(Cc3ccc(C)o3)CC2)c2ccc(C)cc21. The summed E-state index contributed by atoms with van der Waals surface area (Å²) in [5, 5.41) is 0. The number of fused-ring (bicyclic) bond motifs is 2. The molecule has 3 nitrogen and oxygen atoms in total. The van der Waals surface area contributed by atoms with Gasteiger partial charge < -0.3 is 9.15 Å². The Hall–Kier alpha value is -1.58. The summed E-state index contributed by atoms with van der Waals surface area (Å²) >= 11 is 0. The fraction of sp³-hybridized carbons (Fsp3) is 0.524. The lowest BCUT2D eigenvalue weighted by Crippen LogP contribution is -2.41. The third-order valence-corrected chi connectivity index (χ3v) is 5.97. The lowest BCUT2D eigenvalue weighted by Gasteiger charge is -2.40. The molecule has 1 aromatic heterocycles. The molecule has 1 atom stereocenters. The highest BCUT2D eigenvalue weighted by atomic mass is 16.5. The summed E-state index contributed by atoms with van der Waals surface area (Å²) in [5.74, 6) is 2.09. The molecule has 1 spiro atoms. The van der Waals surface area contributed by atoms with Gasteiger partial charge in [0, 0.05) is 12.5 Å². The van der Waals surface area contributed by atoms with Crippen LogP contribution in [0.25, 0.3) is 0 Å². The third-order valence-electron chi connectivity index (χ3n) is 5.97. The van der Waals surface area contributed by atoms with E-state index in [4.69, 9.17) is 9.15 Å². The number of hydrogen-bond acceptors (Lipinski definition) is 3. The molecule has 1 aliphatic heterocycles. The van der Waals surface area contributed by atoms with Gasteiger partial charge in [0.15, 0.2) is 0 Å². The van der Waals surface area contributed by atoms with E-state index in [1.165, 1.54) is 29.5 Å². The van der Waals surface area contributed by atoms with Crippen molar-refractivity contribution in [3.63, 3.8) is 0 Å². The van der Waals surface area contributed by atoms with Crippen molar-refractivity contribution >= 4 is 0 Å². The Balaban J connectivity index is 1.51. The van der Waals surface area contributed by atoms with E-state index in [0.717, 1.165) is 37.6 Å². The summed E-state index contributed by atoms with van der Waals surface area (Å²) in [6.45, 7) is 7.37. The molecule has 1 fully saturated rings. The van der Waals surface area contributed by atoms with Crippen LogP contribution in [0.1, 0.15) is 53.6 Å². The molecular weight excluding hydrogens is 298 g/mol. The van der Waals surface area contributed by atoms with Crippen LogP contribution in [0.4, 0.5) is 0 Å². The number of piperidine rings is 1. The van der Waals surface area contributed by atoms with Crippen LogP contribution in [0.3, 0.4) is 0 Å². The minimum absolute atomic E-state index is 0.263. The zero-order valence-electron chi connectivity index (χ0n) is 15.0. The predicted octanol–water partition coefficient (Wildman–Crippen LogP) is 4.52. The van der Waals surface area contributed by atoms with Crippen molar-refractivity contribution in [2.24, 2.45) is 0 Å². The van der Waals surface area contributed by atoms with E-state index >= 15 is 0 Å². The quantitative estimate of drug-likeness (QED) is 0.829. The van der Waals surface area contributed by atoms with Gasteiger partial charge in [-0.15, -0.1) is 0 Å². The predicted molar refractivity (Wildman–Crippen MR) is 95.2 cm³/mol. The number of furan rings is 1. The summed E-state index contributed by atoms with van der Waals surface area (Å²) in [5.41, 5.74) is 4.60. The largest absolute Gasteiger partial charge is 0.465 e. The van der Waals surface area contributed by atoms with Gasteiger partial charge in [0.05, 0.1) is 12.6 Å². The van der Waals surface area contributed by atoms with Crippen LogP contribution in [-0.4, -0.2) is 25.1 Å². The van der Waals surface area contributed by atoms with Crippen molar-refractivity contribution in [2.75, 3.05) is 20.2 Å². The zero-order chi connectivity index (χ0) is 16.7. The van der Waals surface area contributed by atoms with Gasteiger partial charge in [0.1, 0.15) is 11.5 Å². The van der Waals surface area contributed by atoms with Gasteiger partial charge in [0.25, 0.3) is 0 Å². The molecule has 0 unspecified atom stereocenters. The van der Waals surface area contributed by atoms with Gasteiger partial charge in [0.2, 0.25) is 0 Å². The first-order chi connectivity index (χ1) is 11.6. The molecule has 0 radical (unpaired) electrons. The highest BCUT2D eigenvalue weighted by Crippen LogP contribution is 2.52. The molecule has 2 heterocycles. The van der Waals surface area contributed by atoms with Crippen LogP contribution in [0, 0.1) is 13.8 Å². The number of nitrogens with zero attached hydrogens (tertiary/aromatic N) is 1. The second kappa shape index (κ2) is 6.05. The van der Waals surface area contributed by atoms with Crippen molar-refractivity contribution in [1.29, 1.82) is 0 Å². The van der Waals surface area contributed by atoms with E-state index in [2.05, 4.69) is 42.2 Å². The summed E-state index contributed by atoms with van der Waals surface area (Å²) in [6, 6.07) is 11.1. The van der Waals surface area contributed by atoms with Gasteiger partial charge in [-0.3, -0.25) is 4.90 Å². The average Bonchev–Trinajstić information content (AvgIpc) is 3.11. The molecule has 0 bridgehead atoms. The molecule has 0 saturated carbocycles. The van der Waals surface area contributed by atoms with Crippen LogP contribution in [0.5, 0.6) is 0 Å². The van der Waals surface area contributed by atoms with Gasteiger partial charge in [-0.2, -0.15) is 0 Å². The first-order valence-electron chi connectivity index (χ1n) is 9.01. The molecule has 2 aliphatic rings. The Morgan fingerprint density at radius 2 is 1.96 bits per heavy atom. The lowest BCUT2D eigenvalue weighted by molar-refractivity contribution is 0.0674. The molecule has 1 saturated heterocycles. The summed E-state index contributed by atoms with van der Waals surface area (Å²) in [4.78, 5) is 2.53. The topological polar surface area (TPSA) is 25.6 Å². The molecule has 1 aliphatic carbocycles. The maximum atomic E-state index is 5.82. The minimum atomic E-state index is 0.263. The Morgan fingerprint density at radius 3 is 2.62 bits per heavy atom. The number of rotatable bonds is 3. The number of benzene rings is 1. The highest BCUT2D eigenvalue weighted by Gasteiger charge is 2.45. The highest BCUT2D eigenvalue weighted by molar-refractivity contribution is 5.44. The van der Waals surface area contributed by atoms with Gasteiger partial charge in [-0.1, -0.05) is 23.8 Å². The minimum Gasteiger partial charge on any atom is -0.465 e. The van der Waals surface area contributed by atoms with E-state index < -0.39 is 0 Å². The fourth-order valence-corrected chi connectivity index (χ4v) is 4.62. The lowest BCUT2D eigenvalue weighted by atomic mass is 9.73. The molecule has 0 N–H and O–H groups in total. The van der Waals surface area contributed by atoms with E-state index in [1.54, 1.807) is 0 Å². The maximum absolute atomic E-state index is 5.82. The van der Waals surface area contributed by atoms with Gasteiger partial charge >= 0.3 is 0 Å². The Morgan fingerprint density at radius 1 is 1.17 bits per heavy atom. The van der Waals surface area contributed by atoms with E-state index in [-0.39, 0.29) is 6.10 Å². The summed E-state index contributed by atoms with van der Waals surface area (Å²) in [7, 11) is 1.85. The van der Waals surface area contributed by atoms with Gasteiger partial charge in [-0.05, 0) is 69.5 Å². The van der Waals surface area contributed by atoms with Crippen molar-refractivity contribution in [2.45, 2.75) is 51.2 Å². The van der Waals surface area contributed by atoms with Crippen LogP contribution in [-0.2, 0) is 16.7 Å². The number of hydrogen-bond donors (Lipinski definition) is 0. The number of aryl methyl sites for hydroxylation is 2. The van der Waals surface area contributed by atoms with Crippen molar-refractivity contribution < 1.29 is 9.15 Å². The molecular formula is C21H27NO2. The fourth-order valence-electron chi connectivity index (χ4n) is 4.62. The first-order valence-corrected chi connectivity index (χ1v) is 9.01. The van der Waals surface area contributed by atoms with Gasteiger partial charge in [-0.25, -0.2) is 0 Å². The second-order valence-electron chi connectivity index (χ2n) is 7.59. The first kappa shape index (κ1) is 15.9. The molecule has 1 aromatic carbocycles. The Kier molecular flexibility index (Phi) is 4.01. The molecule has 3 heteroatoms. The second-order valence-corrected chi connectivity index (χ2v) is 7.59. The Labute approximate surface area is 144 Å². The van der Waals surface area contributed by atoms with E-state index in [1.807, 2.05) is 14.0 Å². The van der Waals surface area contributed by atoms with E-state index in [0.29, 0.717) is 5.41 Å². The van der Waals surface area contributed by atoms with Crippen molar-refractivity contribution in [3.05, 3.63) is 58.5 Å². The summed E-state index contributed by atoms with van der Waals surface area (Å²) in [6.07, 6.45) is 3.82. The summed E-state index contributed by atoms with van der Waals surface area (Å²) < 4.78 is 11.6. The van der Waals surface area contributed by atoms with Crippen molar-refractivity contribution in [1.82, 2.24) is 4.90 Å². The van der Waals surface area contributed by atoms with Crippen LogP contribution >= 0.6 is 0 Å². The average molecular weight is 325 g/mol. The molecule has 128 valence electrons.